The minimum absolute atomic E-state index is 0.257. The van der Waals surface area contributed by atoms with Gasteiger partial charge in [-0.25, -0.2) is 0 Å². The lowest BCUT2D eigenvalue weighted by molar-refractivity contribution is -0.0159. The molecule has 4 heteroatoms. The van der Waals surface area contributed by atoms with Crippen molar-refractivity contribution >= 4 is 12.6 Å². The normalized spacial score (nSPS) is 30.5. The van der Waals surface area contributed by atoms with Gasteiger partial charge < -0.3 is 14.0 Å². The van der Waals surface area contributed by atoms with E-state index in [4.69, 9.17) is 14.0 Å². The summed E-state index contributed by atoms with van der Waals surface area (Å²) in [6.07, 6.45) is 7.26. The Hall–Kier alpha value is -0.995. The molecule has 28 heavy (non-hydrogen) atoms. The highest BCUT2D eigenvalue weighted by molar-refractivity contribution is 6.62. The summed E-state index contributed by atoms with van der Waals surface area (Å²) >= 11 is 0. The highest BCUT2D eigenvalue weighted by atomic mass is 16.7. The van der Waals surface area contributed by atoms with E-state index in [1.54, 1.807) is 0 Å². The molecular formula is C24H39BO3. The Morgan fingerprint density at radius 2 is 1.61 bits per heavy atom. The van der Waals surface area contributed by atoms with Crippen molar-refractivity contribution in [2.75, 3.05) is 0 Å². The molecule has 1 heterocycles. The highest BCUT2D eigenvalue weighted by Crippen LogP contribution is 2.41. The van der Waals surface area contributed by atoms with Crippen LogP contribution in [0.5, 0.6) is 5.75 Å². The molecule has 2 aliphatic rings. The second-order valence-corrected chi connectivity index (χ2v) is 10.6. The summed E-state index contributed by atoms with van der Waals surface area (Å²) < 4.78 is 18.9. The first kappa shape index (κ1) is 21.7. The second-order valence-electron chi connectivity index (χ2n) is 10.6. The van der Waals surface area contributed by atoms with Gasteiger partial charge in [-0.2, -0.15) is 0 Å². The fourth-order valence-corrected chi connectivity index (χ4v) is 4.71. The van der Waals surface area contributed by atoms with Gasteiger partial charge in [0.05, 0.1) is 17.3 Å². The van der Waals surface area contributed by atoms with Gasteiger partial charge in [-0.05, 0) is 81.8 Å². The number of ether oxygens (including phenoxy) is 1. The molecule has 1 atom stereocenters. The minimum Gasteiger partial charge on any atom is -0.490 e. The predicted molar refractivity (Wildman–Crippen MR) is 117 cm³/mol. The van der Waals surface area contributed by atoms with E-state index in [-0.39, 0.29) is 18.3 Å². The number of benzene rings is 1. The lowest BCUT2D eigenvalue weighted by atomic mass is 9.72. The lowest BCUT2D eigenvalue weighted by Gasteiger charge is -2.36. The highest BCUT2D eigenvalue weighted by Gasteiger charge is 2.53. The third kappa shape index (κ3) is 4.59. The molecule has 1 saturated carbocycles. The van der Waals surface area contributed by atoms with Gasteiger partial charge in [-0.3, -0.25) is 0 Å². The van der Waals surface area contributed by atoms with Crippen molar-refractivity contribution in [3.63, 3.8) is 0 Å². The molecule has 0 radical (unpaired) electrons. The first-order chi connectivity index (χ1) is 13.0. The Labute approximate surface area is 172 Å². The van der Waals surface area contributed by atoms with Gasteiger partial charge in [0, 0.05) is 0 Å². The van der Waals surface area contributed by atoms with Gasteiger partial charge in [-0.15, -0.1) is 0 Å². The Kier molecular flexibility index (Phi) is 6.22. The Balaban J connectivity index is 1.58. The molecule has 2 fully saturated rings. The predicted octanol–water partition coefficient (Wildman–Crippen LogP) is 5.75. The van der Waals surface area contributed by atoms with E-state index in [9.17, 15) is 0 Å². The standard InChI is InChI=1S/C24H39BO3/c1-8-17-24(7)23(5,6)27-25(28-24)19-11-15-21(16-12-19)26-20-13-9-18(10-14-20)22(2,3)4/h11-12,15-16,18,20H,8-10,13-14,17H2,1-7H3. The van der Waals surface area contributed by atoms with Crippen LogP contribution in [0.3, 0.4) is 0 Å². The van der Waals surface area contributed by atoms with Crippen LogP contribution in [0.4, 0.5) is 0 Å². The topological polar surface area (TPSA) is 27.7 Å². The molecule has 3 nitrogen and oxygen atoms in total. The maximum Gasteiger partial charge on any atom is 0.494 e. The molecule has 1 aromatic rings. The van der Waals surface area contributed by atoms with Crippen LogP contribution < -0.4 is 10.2 Å². The molecule has 1 aliphatic heterocycles. The maximum atomic E-state index is 6.36. The van der Waals surface area contributed by atoms with Gasteiger partial charge >= 0.3 is 7.12 Å². The van der Waals surface area contributed by atoms with E-state index < -0.39 is 0 Å². The minimum atomic E-state index is -0.303. The first-order valence-corrected chi connectivity index (χ1v) is 11.2. The number of hydrogen-bond donors (Lipinski definition) is 0. The van der Waals surface area contributed by atoms with E-state index in [1.165, 1.54) is 12.8 Å². The fraction of sp³-hybridized carbons (Fsp3) is 0.750. The van der Waals surface area contributed by atoms with Crippen molar-refractivity contribution in [3.8, 4) is 5.75 Å². The average molecular weight is 386 g/mol. The van der Waals surface area contributed by atoms with E-state index in [1.807, 2.05) is 0 Å². The van der Waals surface area contributed by atoms with Crippen LogP contribution in [0.15, 0.2) is 24.3 Å². The van der Waals surface area contributed by atoms with Crippen LogP contribution in [-0.2, 0) is 9.31 Å². The van der Waals surface area contributed by atoms with Crippen LogP contribution in [0.25, 0.3) is 0 Å². The van der Waals surface area contributed by atoms with Gasteiger partial charge in [0.2, 0.25) is 0 Å². The van der Waals surface area contributed by atoms with E-state index in [2.05, 4.69) is 72.7 Å². The van der Waals surface area contributed by atoms with Gasteiger partial charge in [0.15, 0.2) is 0 Å². The van der Waals surface area contributed by atoms with Crippen molar-refractivity contribution in [2.45, 2.75) is 104 Å². The third-order valence-corrected chi connectivity index (χ3v) is 7.12. The summed E-state index contributed by atoms with van der Waals surface area (Å²) in [6.45, 7) is 15.7. The number of hydrogen-bond acceptors (Lipinski definition) is 3. The van der Waals surface area contributed by atoms with Gasteiger partial charge in [0.25, 0.3) is 0 Å². The van der Waals surface area contributed by atoms with Crippen LogP contribution in [0.2, 0.25) is 0 Å². The summed E-state index contributed by atoms with van der Waals surface area (Å²) in [5.41, 5.74) is 0.923. The Bertz CT molecular complexity index is 641. The lowest BCUT2D eigenvalue weighted by Crippen LogP contribution is -2.44. The molecule has 0 N–H and O–H groups in total. The fourth-order valence-electron chi connectivity index (χ4n) is 4.71. The molecule has 0 aromatic heterocycles. The van der Waals surface area contributed by atoms with Crippen LogP contribution in [-0.4, -0.2) is 24.4 Å². The summed E-state index contributed by atoms with van der Waals surface area (Å²) in [5, 5.41) is 0. The molecule has 1 aromatic carbocycles. The van der Waals surface area contributed by atoms with Crippen molar-refractivity contribution in [3.05, 3.63) is 24.3 Å². The van der Waals surface area contributed by atoms with Gasteiger partial charge in [0.1, 0.15) is 5.75 Å². The molecule has 3 rings (SSSR count). The zero-order valence-corrected chi connectivity index (χ0v) is 19.0. The molecular weight excluding hydrogens is 347 g/mol. The largest absolute Gasteiger partial charge is 0.494 e. The molecule has 0 bridgehead atoms. The summed E-state index contributed by atoms with van der Waals surface area (Å²) in [4.78, 5) is 0. The summed E-state index contributed by atoms with van der Waals surface area (Å²) in [7, 11) is -0.303. The second kappa shape index (κ2) is 8.03. The third-order valence-electron chi connectivity index (χ3n) is 7.12. The summed E-state index contributed by atoms with van der Waals surface area (Å²) in [5.74, 6) is 1.77. The molecule has 1 unspecified atom stereocenters. The smallest absolute Gasteiger partial charge is 0.490 e. The quantitative estimate of drug-likeness (QED) is 0.603. The van der Waals surface area contributed by atoms with Gasteiger partial charge in [-0.1, -0.05) is 46.2 Å². The van der Waals surface area contributed by atoms with E-state index in [0.717, 1.165) is 42.8 Å². The van der Waals surface area contributed by atoms with Crippen LogP contribution in [0, 0.1) is 11.3 Å². The van der Waals surface area contributed by atoms with Crippen LogP contribution >= 0.6 is 0 Å². The molecule has 0 spiro atoms. The molecule has 1 saturated heterocycles. The monoisotopic (exact) mass is 386 g/mol. The molecule has 156 valence electrons. The van der Waals surface area contributed by atoms with Crippen molar-refractivity contribution < 1.29 is 14.0 Å². The van der Waals surface area contributed by atoms with Crippen molar-refractivity contribution in [1.82, 2.24) is 0 Å². The molecule has 1 aliphatic carbocycles. The van der Waals surface area contributed by atoms with Crippen molar-refractivity contribution in [1.29, 1.82) is 0 Å². The molecule has 0 amide bonds. The SMILES string of the molecule is CCCC1(C)OB(c2ccc(OC3CCC(C(C)(C)C)CC3)cc2)OC1(C)C. The van der Waals surface area contributed by atoms with Crippen molar-refractivity contribution in [2.24, 2.45) is 11.3 Å². The zero-order valence-electron chi connectivity index (χ0n) is 19.0. The Morgan fingerprint density at radius 3 is 2.14 bits per heavy atom. The zero-order chi connectivity index (χ0) is 20.6. The average Bonchev–Trinajstić information content (AvgIpc) is 2.85. The number of rotatable bonds is 5. The van der Waals surface area contributed by atoms with Crippen LogP contribution in [0.1, 0.15) is 87.0 Å². The maximum absolute atomic E-state index is 6.36. The first-order valence-electron chi connectivity index (χ1n) is 11.2. The summed E-state index contributed by atoms with van der Waals surface area (Å²) in [6, 6.07) is 8.32. The Morgan fingerprint density at radius 1 is 1.00 bits per heavy atom. The van der Waals surface area contributed by atoms with E-state index in [0.29, 0.717) is 11.5 Å². The van der Waals surface area contributed by atoms with E-state index >= 15 is 0 Å².